The Hall–Kier alpha value is -3.31. The van der Waals surface area contributed by atoms with Gasteiger partial charge in [-0.15, -0.1) is 0 Å². The van der Waals surface area contributed by atoms with E-state index in [9.17, 15) is 9.59 Å². The number of rotatable bonds is 11. The van der Waals surface area contributed by atoms with Crippen LogP contribution in [0.5, 0.6) is 5.75 Å². The van der Waals surface area contributed by atoms with E-state index >= 15 is 0 Å². The fourth-order valence-corrected chi connectivity index (χ4v) is 3.50. The number of hydrogen-bond donors (Lipinski definition) is 2. The predicted molar refractivity (Wildman–Crippen MR) is 134 cm³/mol. The molecule has 3 aromatic rings. The Morgan fingerprint density at radius 2 is 1.39 bits per heavy atom. The molecule has 0 aromatic heterocycles. The number of hydrogen-bond acceptors (Lipinski definition) is 3. The van der Waals surface area contributed by atoms with E-state index in [-0.39, 0.29) is 11.8 Å². The summed E-state index contributed by atoms with van der Waals surface area (Å²) in [5.41, 5.74) is 2.07. The van der Waals surface area contributed by atoms with Crippen molar-refractivity contribution in [1.82, 2.24) is 0 Å². The zero-order valence-electron chi connectivity index (χ0n) is 18.8. The number of amides is 2. The third-order valence-corrected chi connectivity index (χ3v) is 5.33. The van der Waals surface area contributed by atoms with Crippen molar-refractivity contribution in [3.8, 4) is 5.75 Å². The molecule has 0 spiro atoms. The molecule has 0 aliphatic heterocycles. The zero-order valence-corrected chi connectivity index (χ0v) is 19.5. The maximum absolute atomic E-state index is 12.6. The molecule has 0 aliphatic carbocycles. The lowest BCUT2D eigenvalue weighted by molar-refractivity contribution is 0.101. The maximum atomic E-state index is 12.6. The minimum Gasteiger partial charge on any atom is -0.494 e. The van der Waals surface area contributed by atoms with Crippen molar-refractivity contribution < 1.29 is 14.3 Å². The summed E-state index contributed by atoms with van der Waals surface area (Å²) in [7, 11) is 0. The van der Waals surface area contributed by atoms with E-state index in [2.05, 4.69) is 17.6 Å². The highest BCUT2D eigenvalue weighted by molar-refractivity contribution is 6.31. The monoisotopic (exact) mass is 464 g/mol. The van der Waals surface area contributed by atoms with Crippen LogP contribution in [0.25, 0.3) is 0 Å². The SMILES string of the molecule is CCCCCCCOc1ccc(C(=O)Nc2cccc(C(=O)Nc3cccc(Cl)c3)c2)cc1. The van der Waals surface area contributed by atoms with Crippen LogP contribution in [0, 0.1) is 0 Å². The Balaban J connectivity index is 1.53. The lowest BCUT2D eigenvalue weighted by Crippen LogP contribution is -2.14. The van der Waals surface area contributed by atoms with Gasteiger partial charge in [-0.3, -0.25) is 9.59 Å². The first-order valence-corrected chi connectivity index (χ1v) is 11.6. The van der Waals surface area contributed by atoms with E-state index in [1.54, 1.807) is 72.8 Å². The van der Waals surface area contributed by atoms with Gasteiger partial charge >= 0.3 is 0 Å². The van der Waals surface area contributed by atoms with Crippen LogP contribution < -0.4 is 15.4 Å². The molecule has 3 aromatic carbocycles. The van der Waals surface area contributed by atoms with Gasteiger partial charge in [0.25, 0.3) is 11.8 Å². The summed E-state index contributed by atoms with van der Waals surface area (Å²) < 4.78 is 5.75. The normalized spacial score (nSPS) is 10.5. The molecular formula is C27H29ClN2O3. The van der Waals surface area contributed by atoms with Gasteiger partial charge in [-0.05, 0) is 67.1 Å². The number of carbonyl (C=O) groups is 2. The smallest absolute Gasteiger partial charge is 0.255 e. The van der Waals surface area contributed by atoms with Crippen molar-refractivity contribution in [2.45, 2.75) is 39.0 Å². The second kappa shape index (κ2) is 12.7. The quantitative estimate of drug-likeness (QED) is 0.295. The zero-order chi connectivity index (χ0) is 23.5. The summed E-state index contributed by atoms with van der Waals surface area (Å²) in [6.45, 7) is 2.88. The summed E-state index contributed by atoms with van der Waals surface area (Å²) >= 11 is 5.97. The number of unbranched alkanes of at least 4 members (excludes halogenated alkanes) is 4. The number of benzene rings is 3. The van der Waals surface area contributed by atoms with Gasteiger partial charge in [0.1, 0.15) is 5.75 Å². The topological polar surface area (TPSA) is 67.4 Å². The van der Waals surface area contributed by atoms with Crippen molar-refractivity contribution in [3.63, 3.8) is 0 Å². The first-order valence-electron chi connectivity index (χ1n) is 11.3. The maximum Gasteiger partial charge on any atom is 0.255 e. The van der Waals surface area contributed by atoms with Crippen LogP contribution >= 0.6 is 11.6 Å². The number of nitrogens with one attached hydrogen (secondary N) is 2. The molecule has 2 amide bonds. The average molecular weight is 465 g/mol. The number of carbonyl (C=O) groups excluding carboxylic acids is 2. The molecule has 33 heavy (non-hydrogen) atoms. The lowest BCUT2D eigenvalue weighted by Gasteiger charge is -2.10. The largest absolute Gasteiger partial charge is 0.494 e. The standard InChI is InChI=1S/C27H29ClN2O3/c1-2-3-4-5-6-17-33-25-15-13-20(14-16-25)26(31)29-23-11-7-9-21(18-23)27(32)30-24-12-8-10-22(28)19-24/h7-16,18-19H,2-6,17H2,1H3,(H,29,31)(H,30,32). The van der Waals surface area contributed by atoms with Gasteiger partial charge in [-0.1, -0.05) is 56.3 Å². The summed E-state index contributed by atoms with van der Waals surface area (Å²) in [5, 5.41) is 6.17. The molecular weight excluding hydrogens is 436 g/mol. The Kier molecular flexibility index (Phi) is 9.33. The molecule has 0 unspecified atom stereocenters. The highest BCUT2D eigenvalue weighted by atomic mass is 35.5. The van der Waals surface area contributed by atoms with Gasteiger partial charge in [0, 0.05) is 27.5 Å². The summed E-state index contributed by atoms with van der Waals surface area (Å²) in [4.78, 5) is 25.2. The molecule has 0 saturated heterocycles. The lowest BCUT2D eigenvalue weighted by atomic mass is 10.1. The van der Waals surface area contributed by atoms with Gasteiger partial charge < -0.3 is 15.4 Å². The summed E-state index contributed by atoms with van der Waals surface area (Å²) in [6, 6.07) is 20.8. The van der Waals surface area contributed by atoms with Gasteiger partial charge in [-0.2, -0.15) is 0 Å². The second-order valence-corrected chi connectivity index (χ2v) is 8.22. The molecule has 3 rings (SSSR count). The number of anilines is 2. The Morgan fingerprint density at radius 3 is 2.09 bits per heavy atom. The molecule has 0 saturated carbocycles. The van der Waals surface area contributed by atoms with Crippen LogP contribution in [-0.4, -0.2) is 18.4 Å². The molecule has 172 valence electrons. The third kappa shape index (κ3) is 7.95. The second-order valence-electron chi connectivity index (χ2n) is 7.79. The molecule has 2 N–H and O–H groups in total. The van der Waals surface area contributed by atoms with E-state index < -0.39 is 0 Å². The van der Waals surface area contributed by atoms with Crippen molar-refractivity contribution in [3.05, 3.63) is 88.9 Å². The molecule has 0 bridgehead atoms. The van der Waals surface area contributed by atoms with Crippen molar-refractivity contribution in [1.29, 1.82) is 0 Å². The first kappa shape index (κ1) is 24.3. The van der Waals surface area contributed by atoms with Crippen molar-refractivity contribution in [2.75, 3.05) is 17.2 Å². The number of ether oxygens (including phenoxy) is 1. The molecule has 0 radical (unpaired) electrons. The van der Waals surface area contributed by atoms with Gasteiger partial charge in [0.2, 0.25) is 0 Å². The molecule has 0 aliphatic rings. The van der Waals surface area contributed by atoms with E-state index in [0.717, 1.165) is 12.2 Å². The molecule has 0 heterocycles. The predicted octanol–water partition coefficient (Wildman–Crippen LogP) is 7.19. The fraction of sp³-hybridized carbons (Fsp3) is 0.259. The van der Waals surface area contributed by atoms with Crippen molar-refractivity contribution in [2.24, 2.45) is 0 Å². The van der Waals surface area contributed by atoms with Gasteiger partial charge in [0.05, 0.1) is 6.61 Å². The minimum absolute atomic E-state index is 0.256. The van der Waals surface area contributed by atoms with E-state index in [1.165, 1.54) is 25.7 Å². The Labute approximate surface area is 200 Å². The van der Waals surface area contributed by atoms with E-state index in [1.807, 2.05) is 0 Å². The average Bonchev–Trinajstić information content (AvgIpc) is 2.82. The molecule has 0 atom stereocenters. The van der Waals surface area contributed by atoms with Crippen LogP contribution in [0.15, 0.2) is 72.8 Å². The minimum atomic E-state index is -0.287. The van der Waals surface area contributed by atoms with Gasteiger partial charge in [-0.25, -0.2) is 0 Å². The number of halogens is 1. The highest BCUT2D eigenvalue weighted by Gasteiger charge is 2.10. The van der Waals surface area contributed by atoms with Crippen molar-refractivity contribution >= 4 is 34.8 Å². The Morgan fingerprint density at radius 1 is 0.758 bits per heavy atom. The van der Waals surface area contributed by atoms with Gasteiger partial charge in [0.15, 0.2) is 0 Å². The molecule has 5 nitrogen and oxygen atoms in total. The first-order chi connectivity index (χ1) is 16.0. The Bertz CT molecular complexity index is 1070. The van der Waals surface area contributed by atoms with Crippen LogP contribution in [0.1, 0.15) is 59.7 Å². The molecule has 6 heteroatoms. The summed E-state index contributed by atoms with van der Waals surface area (Å²) in [6.07, 6.45) is 5.93. The van der Waals surface area contributed by atoms with E-state index in [4.69, 9.17) is 16.3 Å². The highest BCUT2D eigenvalue weighted by Crippen LogP contribution is 2.19. The summed E-state index contributed by atoms with van der Waals surface area (Å²) in [5.74, 6) is 0.208. The van der Waals surface area contributed by atoms with Crippen LogP contribution in [0.4, 0.5) is 11.4 Å². The third-order valence-electron chi connectivity index (χ3n) is 5.10. The fourth-order valence-electron chi connectivity index (χ4n) is 3.31. The molecule has 0 fully saturated rings. The van der Waals surface area contributed by atoms with Crippen LogP contribution in [0.2, 0.25) is 5.02 Å². The van der Waals surface area contributed by atoms with Crippen LogP contribution in [-0.2, 0) is 0 Å². The van der Waals surface area contributed by atoms with Crippen LogP contribution in [0.3, 0.4) is 0 Å². The van der Waals surface area contributed by atoms with E-state index in [0.29, 0.717) is 34.1 Å².